The van der Waals surface area contributed by atoms with Gasteiger partial charge in [0.05, 0.1) is 0 Å². The fourth-order valence-electron chi connectivity index (χ4n) is 1.58. The molecule has 0 radical (unpaired) electrons. The van der Waals surface area contributed by atoms with E-state index in [0.29, 0.717) is 5.06 Å². The molecule has 2 heterocycles. The molecular formula is C13H15NO2S. The zero-order valence-electron chi connectivity index (χ0n) is 9.81. The van der Waals surface area contributed by atoms with Crippen molar-refractivity contribution >= 4 is 23.5 Å². The molecule has 0 fully saturated rings. The Balaban J connectivity index is 1.97. The molecule has 4 heteroatoms. The molecule has 0 aliphatic carbocycles. The normalized spacial score (nSPS) is 13.9. The Kier molecular flexibility index (Phi) is 4.09. The molecule has 0 unspecified atom stereocenters. The van der Waals surface area contributed by atoms with Gasteiger partial charge in [-0.25, -0.2) is 4.79 Å². The number of carbonyl (C=O) groups is 1. The van der Waals surface area contributed by atoms with E-state index in [4.69, 9.17) is 4.74 Å². The number of nitrogens with zero attached hydrogens (tertiary/aromatic N) is 1. The van der Waals surface area contributed by atoms with Crippen molar-refractivity contribution in [3.05, 3.63) is 28.7 Å². The van der Waals surface area contributed by atoms with E-state index in [-0.39, 0.29) is 5.97 Å². The maximum absolute atomic E-state index is 11.5. The monoisotopic (exact) mass is 249 g/mol. The van der Waals surface area contributed by atoms with Gasteiger partial charge in [0.2, 0.25) is 0 Å². The van der Waals surface area contributed by atoms with E-state index < -0.39 is 0 Å². The van der Waals surface area contributed by atoms with Gasteiger partial charge >= 0.3 is 5.97 Å². The van der Waals surface area contributed by atoms with Crippen molar-refractivity contribution in [1.29, 1.82) is 0 Å². The van der Waals surface area contributed by atoms with Crippen molar-refractivity contribution in [3.8, 4) is 5.06 Å². The largest absolute Gasteiger partial charge is 0.412 e. The highest BCUT2D eigenvalue weighted by atomic mass is 32.1. The highest BCUT2D eigenvalue weighted by Gasteiger charge is 2.12. The van der Waals surface area contributed by atoms with Gasteiger partial charge in [-0.15, -0.1) is 11.3 Å². The summed E-state index contributed by atoms with van der Waals surface area (Å²) in [6.45, 7) is 2.90. The Morgan fingerprint density at radius 3 is 3.29 bits per heavy atom. The Hall–Kier alpha value is -1.42. The van der Waals surface area contributed by atoms with Crippen molar-refractivity contribution in [1.82, 2.24) is 0 Å². The van der Waals surface area contributed by atoms with E-state index in [1.54, 1.807) is 0 Å². The summed E-state index contributed by atoms with van der Waals surface area (Å²) in [6.07, 6.45) is 8.07. The fraction of sp³-hybridized carbons (Fsp3) is 0.385. The summed E-state index contributed by atoms with van der Waals surface area (Å²) in [4.78, 5) is 16.9. The highest BCUT2D eigenvalue weighted by Crippen LogP contribution is 2.30. The van der Waals surface area contributed by atoms with Crippen LogP contribution in [0.15, 0.2) is 23.2 Å². The molecular weight excluding hydrogens is 234 g/mol. The predicted octanol–water partition coefficient (Wildman–Crippen LogP) is 2.98. The van der Waals surface area contributed by atoms with E-state index in [1.165, 1.54) is 22.3 Å². The van der Waals surface area contributed by atoms with Crippen LogP contribution in [0, 0.1) is 0 Å². The smallest absolute Gasteiger partial charge is 0.336 e. The number of rotatable bonds is 4. The van der Waals surface area contributed by atoms with Crippen molar-refractivity contribution < 1.29 is 9.53 Å². The van der Waals surface area contributed by atoms with E-state index in [2.05, 4.69) is 11.9 Å². The number of hydrogen-bond donors (Lipinski definition) is 0. The molecule has 0 saturated carbocycles. The summed E-state index contributed by atoms with van der Waals surface area (Å²) in [6, 6.07) is 1.88. The Bertz CT molecular complexity index is 460. The van der Waals surface area contributed by atoms with Gasteiger partial charge in [0.25, 0.3) is 0 Å². The lowest BCUT2D eigenvalue weighted by atomic mass is 10.2. The average Bonchev–Trinajstić information content (AvgIpc) is 2.71. The van der Waals surface area contributed by atoms with Crippen LogP contribution in [-0.2, 0) is 11.2 Å². The molecule has 0 spiro atoms. The minimum atomic E-state index is -0.297. The standard InChI is InChI=1S/C13H15NO2S/c1-2-3-4-5-12(15)16-13-8-10-9-14-7-6-11(10)17-13/h4-5,8-9H,2-3,6-7H2,1H3. The van der Waals surface area contributed by atoms with E-state index in [0.717, 1.165) is 31.4 Å². The number of allylic oxidation sites excluding steroid dienone is 1. The maximum Gasteiger partial charge on any atom is 0.336 e. The summed E-state index contributed by atoms with van der Waals surface area (Å²) >= 11 is 1.53. The number of aliphatic imine (C=N–C) groups is 1. The molecule has 0 saturated heterocycles. The Morgan fingerprint density at radius 2 is 2.53 bits per heavy atom. The molecule has 1 aromatic rings. The van der Waals surface area contributed by atoms with Crippen LogP contribution in [0.4, 0.5) is 0 Å². The molecule has 0 N–H and O–H groups in total. The number of ether oxygens (including phenoxy) is 1. The Morgan fingerprint density at radius 1 is 1.65 bits per heavy atom. The number of hydrogen-bond acceptors (Lipinski definition) is 4. The van der Waals surface area contributed by atoms with Gasteiger partial charge in [0.15, 0.2) is 5.06 Å². The van der Waals surface area contributed by atoms with Gasteiger partial charge in [-0.3, -0.25) is 4.99 Å². The van der Waals surface area contributed by atoms with Crippen LogP contribution in [0.2, 0.25) is 0 Å². The first-order valence-corrected chi connectivity index (χ1v) is 6.62. The van der Waals surface area contributed by atoms with Crippen molar-refractivity contribution in [2.24, 2.45) is 4.99 Å². The fourth-order valence-corrected chi connectivity index (χ4v) is 2.56. The Labute approximate surface area is 105 Å². The number of fused-ring (bicyclic) bond motifs is 1. The third-order valence-electron chi connectivity index (χ3n) is 2.43. The summed E-state index contributed by atoms with van der Waals surface area (Å²) in [7, 11) is 0. The van der Waals surface area contributed by atoms with Crippen LogP contribution in [0.3, 0.4) is 0 Å². The lowest BCUT2D eigenvalue weighted by Gasteiger charge is -2.00. The average molecular weight is 249 g/mol. The molecule has 2 rings (SSSR count). The lowest BCUT2D eigenvalue weighted by Crippen LogP contribution is -2.02. The molecule has 0 atom stereocenters. The molecule has 1 aliphatic heterocycles. The van der Waals surface area contributed by atoms with Crippen LogP contribution < -0.4 is 4.74 Å². The molecule has 90 valence electrons. The maximum atomic E-state index is 11.5. The van der Waals surface area contributed by atoms with Gasteiger partial charge in [0.1, 0.15) is 0 Å². The van der Waals surface area contributed by atoms with E-state index >= 15 is 0 Å². The third-order valence-corrected chi connectivity index (χ3v) is 3.52. The second-order valence-electron chi connectivity index (χ2n) is 3.84. The highest BCUT2D eigenvalue weighted by molar-refractivity contribution is 7.14. The molecule has 0 amide bonds. The van der Waals surface area contributed by atoms with Gasteiger partial charge in [-0.2, -0.15) is 0 Å². The SMILES string of the molecule is CCCC=CC(=O)Oc1cc2c(s1)CCN=C2. The topological polar surface area (TPSA) is 38.7 Å². The predicted molar refractivity (Wildman–Crippen MR) is 70.2 cm³/mol. The molecule has 0 bridgehead atoms. The minimum absolute atomic E-state index is 0.297. The first kappa shape index (κ1) is 12.0. The lowest BCUT2D eigenvalue weighted by molar-refractivity contribution is -0.128. The second-order valence-corrected chi connectivity index (χ2v) is 4.94. The first-order valence-electron chi connectivity index (χ1n) is 5.80. The van der Waals surface area contributed by atoms with Gasteiger partial charge < -0.3 is 4.74 Å². The second kappa shape index (κ2) is 5.77. The molecule has 17 heavy (non-hydrogen) atoms. The summed E-state index contributed by atoms with van der Waals surface area (Å²) < 4.78 is 5.24. The summed E-state index contributed by atoms with van der Waals surface area (Å²) in [5.41, 5.74) is 1.08. The molecule has 1 aromatic heterocycles. The van der Waals surface area contributed by atoms with E-state index in [9.17, 15) is 4.79 Å². The minimum Gasteiger partial charge on any atom is -0.412 e. The van der Waals surface area contributed by atoms with Gasteiger partial charge in [0, 0.05) is 41.8 Å². The zero-order valence-corrected chi connectivity index (χ0v) is 10.6. The van der Waals surface area contributed by atoms with Crippen LogP contribution in [0.25, 0.3) is 0 Å². The summed E-state index contributed by atoms with van der Waals surface area (Å²) in [5.74, 6) is -0.297. The van der Waals surface area contributed by atoms with Crippen LogP contribution in [-0.4, -0.2) is 18.7 Å². The molecule has 3 nitrogen and oxygen atoms in total. The van der Waals surface area contributed by atoms with Gasteiger partial charge in [-0.1, -0.05) is 19.4 Å². The number of thiophene rings is 1. The summed E-state index contributed by atoms with van der Waals surface area (Å²) in [5, 5.41) is 0.662. The third kappa shape index (κ3) is 3.27. The van der Waals surface area contributed by atoms with Crippen LogP contribution in [0.1, 0.15) is 30.2 Å². The van der Waals surface area contributed by atoms with Crippen molar-refractivity contribution in [2.75, 3.05) is 6.54 Å². The quantitative estimate of drug-likeness (QED) is 0.608. The van der Waals surface area contributed by atoms with Crippen LogP contribution in [0.5, 0.6) is 5.06 Å². The number of carbonyl (C=O) groups excluding carboxylic acids is 1. The first-order chi connectivity index (χ1) is 8.29. The van der Waals surface area contributed by atoms with Gasteiger partial charge in [-0.05, 0) is 6.42 Å². The molecule has 1 aliphatic rings. The van der Waals surface area contributed by atoms with Crippen molar-refractivity contribution in [2.45, 2.75) is 26.2 Å². The van der Waals surface area contributed by atoms with Crippen molar-refractivity contribution in [3.63, 3.8) is 0 Å². The number of esters is 1. The molecule has 0 aromatic carbocycles. The van der Waals surface area contributed by atoms with Crippen LogP contribution >= 0.6 is 11.3 Å². The zero-order chi connectivity index (χ0) is 12.1. The number of unbranched alkanes of at least 4 members (excludes halogenated alkanes) is 1. The van der Waals surface area contributed by atoms with E-state index in [1.807, 2.05) is 18.4 Å².